The molecular weight excluding hydrogens is 270 g/mol. The van der Waals surface area contributed by atoms with Gasteiger partial charge >= 0.3 is 12.0 Å². The van der Waals surface area contributed by atoms with Gasteiger partial charge in [-0.2, -0.15) is 0 Å². The zero-order valence-corrected chi connectivity index (χ0v) is 12.4. The summed E-state index contributed by atoms with van der Waals surface area (Å²) in [6, 6.07) is 6.03. The number of hydrogen-bond donors (Lipinski definition) is 2. The predicted molar refractivity (Wildman–Crippen MR) is 80.7 cm³/mol. The zero-order valence-electron chi connectivity index (χ0n) is 12.4. The highest BCUT2D eigenvalue weighted by molar-refractivity contribution is 5.93. The first-order valence-electron chi connectivity index (χ1n) is 6.99. The molecule has 2 rings (SSSR count). The minimum absolute atomic E-state index is 0.160. The summed E-state index contributed by atoms with van der Waals surface area (Å²) in [5, 5.41) is 11.7. The van der Waals surface area contributed by atoms with Gasteiger partial charge < -0.3 is 20.2 Å². The van der Waals surface area contributed by atoms with Gasteiger partial charge in [0, 0.05) is 25.8 Å². The van der Waals surface area contributed by atoms with E-state index in [9.17, 15) is 9.59 Å². The van der Waals surface area contributed by atoms with Gasteiger partial charge in [0.2, 0.25) is 0 Å². The van der Waals surface area contributed by atoms with Crippen LogP contribution >= 0.6 is 0 Å². The van der Waals surface area contributed by atoms with Crippen molar-refractivity contribution in [2.45, 2.75) is 6.42 Å². The number of carboxylic acid groups (broad SMARTS) is 1. The fourth-order valence-electron chi connectivity index (χ4n) is 2.59. The first-order chi connectivity index (χ1) is 9.95. The van der Waals surface area contributed by atoms with E-state index in [2.05, 4.69) is 17.3 Å². The number of amides is 2. The Kier molecular flexibility index (Phi) is 4.80. The molecule has 114 valence electrons. The van der Waals surface area contributed by atoms with Crippen LogP contribution in [0.5, 0.6) is 0 Å². The standard InChI is InChI=1S/C15H21N3O3/c1-17-7-6-11(9-17)10-18(2)15(21)16-13-5-3-4-12(8-13)14(19)20/h3-5,8,11H,6-7,9-10H2,1-2H3,(H,16,21)(H,19,20). The first kappa shape index (κ1) is 15.3. The van der Waals surface area contributed by atoms with Crippen molar-refractivity contribution >= 4 is 17.7 Å². The van der Waals surface area contributed by atoms with Crippen LogP contribution in [0.25, 0.3) is 0 Å². The highest BCUT2D eigenvalue weighted by Gasteiger charge is 2.22. The van der Waals surface area contributed by atoms with E-state index in [1.54, 1.807) is 24.1 Å². The smallest absolute Gasteiger partial charge is 0.335 e. The summed E-state index contributed by atoms with van der Waals surface area (Å²) in [5.41, 5.74) is 0.656. The molecule has 1 saturated heterocycles. The van der Waals surface area contributed by atoms with E-state index in [4.69, 9.17) is 5.11 Å². The monoisotopic (exact) mass is 291 g/mol. The minimum Gasteiger partial charge on any atom is -0.478 e. The van der Waals surface area contributed by atoms with E-state index >= 15 is 0 Å². The molecule has 1 heterocycles. The quantitative estimate of drug-likeness (QED) is 0.887. The van der Waals surface area contributed by atoms with Crippen molar-refractivity contribution in [2.75, 3.05) is 39.0 Å². The van der Waals surface area contributed by atoms with E-state index < -0.39 is 5.97 Å². The van der Waals surface area contributed by atoms with Gasteiger partial charge in [-0.3, -0.25) is 0 Å². The highest BCUT2D eigenvalue weighted by atomic mass is 16.4. The van der Waals surface area contributed by atoms with Gasteiger partial charge in [-0.05, 0) is 44.1 Å². The molecule has 1 aromatic rings. The molecular formula is C15H21N3O3. The zero-order chi connectivity index (χ0) is 15.4. The average molecular weight is 291 g/mol. The molecule has 1 aromatic carbocycles. The SMILES string of the molecule is CN1CCC(CN(C)C(=O)Nc2cccc(C(=O)O)c2)C1. The van der Waals surface area contributed by atoms with Crippen molar-refractivity contribution in [3.05, 3.63) is 29.8 Å². The van der Waals surface area contributed by atoms with Crippen LogP contribution in [0.15, 0.2) is 24.3 Å². The Balaban J connectivity index is 1.91. The number of aromatic carboxylic acids is 1. The van der Waals surface area contributed by atoms with Crippen molar-refractivity contribution in [3.8, 4) is 0 Å². The van der Waals surface area contributed by atoms with Crippen LogP contribution in [0.4, 0.5) is 10.5 Å². The molecule has 1 unspecified atom stereocenters. The highest BCUT2D eigenvalue weighted by Crippen LogP contribution is 2.16. The third-order valence-electron chi connectivity index (χ3n) is 3.73. The normalized spacial score (nSPS) is 18.5. The molecule has 1 fully saturated rings. The molecule has 2 N–H and O–H groups in total. The summed E-state index contributed by atoms with van der Waals surface area (Å²) in [6.07, 6.45) is 1.10. The maximum absolute atomic E-state index is 12.1. The number of carbonyl (C=O) groups is 2. The molecule has 1 atom stereocenters. The number of benzene rings is 1. The summed E-state index contributed by atoms with van der Waals surface area (Å²) < 4.78 is 0. The van der Waals surface area contributed by atoms with Crippen LogP contribution in [0.2, 0.25) is 0 Å². The Morgan fingerprint density at radius 1 is 1.48 bits per heavy atom. The number of anilines is 1. The number of hydrogen-bond acceptors (Lipinski definition) is 3. The number of urea groups is 1. The van der Waals surface area contributed by atoms with Crippen molar-refractivity contribution in [3.63, 3.8) is 0 Å². The molecule has 0 radical (unpaired) electrons. The van der Waals surface area contributed by atoms with Crippen molar-refractivity contribution in [1.82, 2.24) is 9.80 Å². The second kappa shape index (κ2) is 6.58. The molecule has 21 heavy (non-hydrogen) atoms. The molecule has 6 heteroatoms. The van der Waals surface area contributed by atoms with Crippen LogP contribution in [-0.2, 0) is 0 Å². The van der Waals surface area contributed by atoms with E-state index in [-0.39, 0.29) is 11.6 Å². The van der Waals surface area contributed by atoms with Crippen molar-refractivity contribution < 1.29 is 14.7 Å². The fourth-order valence-corrected chi connectivity index (χ4v) is 2.59. The Hall–Kier alpha value is -2.08. The third-order valence-corrected chi connectivity index (χ3v) is 3.73. The molecule has 0 aliphatic carbocycles. The lowest BCUT2D eigenvalue weighted by molar-refractivity contribution is 0.0697. The Morgan fingerprint density at radius 2 is 2.24 bits per heavy atom. The lowest BCUT2D eigenvalue weighted by Crippen LogP contribution is -2.36. The lowest BCUT2D eigenvalue weighted by atomic mass is 10.1. The van der Waals surface area contributed by atoms with E-state index in [1.165, 1.54) is 12.1 Å². The van der Waals surface area contributed by atoms with Gasteiger partial charge in [-0.15, -0.1) is 0 Å². The number of rotatable bonds is 4. The molecule has 6 nitrogen and oxygen atoms in total. The van der Waals surface area contributed by atoms with Crippen molar-refractivity contribution in [1.29, 1.82) is 0 Å². The first-order valence-corrected chi connectivity index (χ1v) is 6.99. The van der Waals surface area contributed by atoms with Gasteiger partial charge in [-0.25, -0.2) is 9.59 Å². The second-order valence-electron chi connectivity index (χ2n) is 5.61. The van der Waals surface area contributed by atoms with E-state index in [0.29, 0.717) is 18.2 Å². The summed E-state index contributed by atoms with van der Waals surface area (Å²) in [7, 11) is 3.84. The molecule has 1 aliphatic heterocycles. The fraction of sp³-hybridized carbons (Fsp3) is 0.467. The van der Waals surface area contributed by atoms with Crippen LogP contribution in [0.1, 0.15) is 16.8 Å². The summed E-state index contributed by atoms with van der Waals surface area (Å²) >= 11 is 0. The number of carboxylic acids is 1. The van der Waals surface area contributed by atoms with E-state index in [0.717, 1.165) is 19.5 Å². The number of carbonyl (C=O) groups excluding carboxylic acids is 1. The average Bonchev–Trinajstić information content (AvgIpc) is 2.84. The van der Waals surface area contributed by atoms with Crippen molar-refractivity contribution in [2.24, 2.45) is 5.92 Å². The van der Waals surface area contributed by atoms with Crippen LogP contribution < -0.4 is 5.32 Å². The van der Waals surface area contributed by atoms with Gasteiger partial charge in [0.15, 0.2) is 0 Å². The predicted octanol–water partition coefficient (Wildman–Crippen LogP) is 1.80. The maximum atomic E-state index is 12.1. The summed E-state index contributed by atoms with van der Waals surface area (Å²) in [6.45, 7) is 2.78. The van der Waals surface area contributed by atoms with Gasteiger partial charge in [0.1, 0.15) is 0 Å². The molecule has 1 aliphatic rings. The topological polar surface area (TPSA) is 72.9 Å². The maximum Gasteiger partial charge on any atom is 0.335 e. The van der Waals surface area contributed by atoms with Crippen LogP contribution in [-0.4, -0.2) is 60.6 Å². The Labute approximate surface area is 124 Å². The molecule has 0 spiro atoms. The van der Waals surface area contributed by atoms with Gasteiger partial charge in [-0.1, -0.05) is 6.07 Å². The number of likely N-dealkylation sites (tertiary alicyclic amines) is 1. The molecule has 0 aromatic heterocycles. The van der Waals surface area contributed by atoms with E-state index in [1.807, 2.05) is 0 Å². The largest absolute Gasteiger partial charge is 0.478 e. The second-order valence-corrected chi connectivity index (χ2v) is 5.61. The summed E-state index contributed by atoms with van der Waals surface area (Å²) in [5.74, 6) is -0.510. The Morgan fingerprint density at radius 3 is 2.86 bits per heavy atom. The molecule has 0 bridgehead atoms. The Bertz CT molecular complexity index is 533. The molecule has 2 amide bonds. The number of nitrogens with one attached hydrogen (secondary N) is 1. The minimum atomic E-state index is -1.01. The lowest BCUT2D eigenvalue weighted by Gasteiger charge is -2.21. The summed E-state index contributed by atoms with van der Waals surface area (Å²) in [4.78, 5) is 26.9. The van der Waals surface area contributed by atoms with Crippen LogP contribution in [0.3, 0.4) is 0 Å². The van der Waals surface area contributed by atoms with Gasteiger partial charge in [0.25, 0.3) is 0 Å². The number of nitrogens with zero attached hydrogens (tertiary/aromatic N) is 2. The van der Waals surface area contributed by atoms with Gasteiger partial charge in [0.05, 0.1) is 5.56 Å². The third kappa shape index (κ3) is 4.19. The van der Waals surface area contributed by atoms with Crippen LogP contribution in [0, 0.1) is 5.92 Å². The molecule has 0 saturated carbocycles.